The van der Waals surface area contributed by atoms with E-state index in [1.165, 1.54) is 15.9 Å². The Morgan fingerprint density at radius 3 is 2.51 bits per heavy atom. The summed E-state index contributed by atoms with van der Waals surface area (Å²) in [5, 5.41) is 4.47. The van der Waals surface area contributed by atoms with Crippen molar-refractivity contribution in [3.8, 4) is 17.1 Å². The Morgan fingerprint density at radius 2 is 1.78 bits per heavy atom. The summed E-state index contributed by atoms with van der Waals surface area (Å²) in [6.45, 7) is 3.12. The molecule has 0 N–H and O–H groups in total. The zero-order valence-corrected chi connectivity index (χ0v) is 22.3. The number of amides is 1. The average molecular weight is 573 g/mol. The van der Waals surface area contributed by atoms with E-state index in [0.29, 0.717) is 34.0 Å². The van der Waals surface area contributed by atoms with Crippen molar-refractivity contribution in [1.29, 1.82) is 0 Å². The number of anilines is 1. The number of ether oxygens (including phenoxy) is 1. The summed E-state index contributed by atoms with van der Waals surface area (Å²) in [6.07, 6.45) is 0.933. The molecule has 0 saturated heterocycles. The number of benzene rings is 3. The van der Waals surface area contributed by atoms with Crippen LogP contribution in [0.15, 0.2) is 82.1 Å². The number of carbonyl (C=O) groups is 1. The molecular formula is C28H21BrN4O3S. The second-order valence-electron chi connectivity index (χ2n) is 8.65. The summed E-state index contributed by atoms with van der Waals surface area (Å²) in [4.78, 5) is 33.9. The highest BCUT2D eigenvalue weighted by molar-refractivity contribution is 9.10. The molecule has 0 spiro atoms. The average Bonchev–Trinajstić information content (AvgIpc) is 3.54. The summed E-state index contributed by atoms with van der Waals surface area (Å²) in [6, 6.07) is 23.0. The third-order valence-corrected chi connectivity index (χ3v) is 7.65. The predicted octanol–water partition coefficient (Wildman–Crippen LogP) is 4.83. The smallest absolute Gasteiger partial charge is 0.291 e. The van der Waals surface area contributed by atoms with Gasteiger partial charge in [-0.15, -0.1) is 5.10 Å². The van der Waals surface area contributed by atoms with Gasteiger partial charge in [-0.3, -0.25) is 9.59 Å². The van der Waals surface area contributed by atoms with E-state index in [1.54, 1.807) is 4.90 Å². The van der Waals surface area contributed by atoms with Gasteiger partial charge in [0.25, 0.3) is 11.5 Å². The monoisotopic (exact) mass is 572 g/mol. The van der Waals surface area contributed by atoms with Crippen LogP contribution in [-0.2, 0) is 11.3 Å². The normalized spacial score (nSPS) is 14.4. The molecule has 3 aromatic carbocycles. The molecule has 7 nitrogen and oxygen atoms in total. The maximum Gasteiger partial charge on any atom is 0.291 e. The van der Waals surface area contributed by atoms with Gasteiger partial charge >= 0.3 is 0 Å². The standard InChI is InChI=1S/C28H21BrN4O3S/c1-2-14-36-20-11-8-18(9-12-20)25-30-28-33(31-25)27(35)24(37-28)23-21-15-19(29)10-13-22(21)32(26(23)34)16-17-6-4-3-5-7-17/h3-13,15H,2,14,16H2,1H3. The predicted molar refractivity (Wildman–Crippen MR) is 148 cm³/mol. The van der Waals surface area contributed by atoms with E-state index in [-0.39, 0.29) is 11.5 Å². The van der Waals surface area contributed by atoms with Gasteiger partial charge in [0, 0.05) is 15.6 Å². The summed E-state index contributed by atoms with van der Waals surface area (Å²) >= 11 is 4.70. The van der Waals surface area contributed by atoms with Crippen molar-refractivity contribution in [3.63, 3.8) is 0 Å². The Labute approximate surface area is 224 Å². The van der Waals surface area contributed by atoms with Crippen LogP contribution < -0.4 is 19.7 Å². The lowest BCUT2D eigenvalue weighted by molar-refractivity contribution is -0.113. The van der Waals surface area contributed by atoms with Gasteiger partial charge < -0.3 is 9.64 Å². The fourth-order valence-corrected chi connectivity index (χ4v) is 5.73. The van der Waals surface area contributed by atoms with E-state index in [0.717, 1.165) is 39.0 Å². The van der Waals surface area contributed by atoms with E-state index < -0.39 is 0 Å². The highest BCUT2D eigenvalue weighted by atomic mass is 79.9. The van der Waals surface area contributed by atoms with Crippen molar-refractivity contribution < 1.29 is 9.53 Å². The third-order valence-electron chi connectivity index (χ3n) is 6.13. The molecule has 0 fully saturated rings. The molecule has 9 heteroatoms. The molecule has 1 aliphatic rings. The van der Waals surface area contributed by atoms with Crippen molar-refractivity contribution in [2.45, 2.75) is 19.9 Å². The zero-order valence-electron chi connectivity index (χ0n) is 19.8. The van der Waals surface area contributed by atoms with Crippen LogP contribution in [0.4, 0.5) is 5.69 Å². The number of hydrogen-bond donors (Lipinski definition) is 0. The first kappa shape index (κ1) is 23.6. The maximum atomic E-state index is 13.7. The van der Waals surface area contributed by atoms with Crippen LogP contribution >= 0.6 is 27.3 Å². The molecule has 0 atom stereocenters. The lowest BCUT2D eigenvalue weighted by Gasteiger charge is -2.17. The molecule has 37 heavy (non-hydrogen) atoms. The van der Waals surface area contributed by atoms with Crippen molar-refractivity contribution >= 4 is 49.4 Å². The van der Waals surface area contributed by atoms with Crippen molar-refractivity contribution in [3.05, 3.63) is 103 Å². The largest absolute Gasteiger partial charge is 0.494 e. The van der Waals surface area contributed by atoms with Crippen molar-refractivity contribution in [1.82, 2.24) is 14.6 Å². The van der Waals surface area contributed by atoms with Gasteiger partial charge in [-0.1, -0.05) is 64.5 Å². The summed E-state index contributed by atoms with van der Waals surface area (Å²) < 4.78 is 8.10. The highest BCUT2D eigenvalue weighted by Gasteiger charge is 2.34. The summed E-state index contributed by atoms with van der Waals surface area (Å²) in [5.41, 5.74) is 3.32. The fourth-order valence-electron chi connectivity index (χ4n) is 4.37. The van der Waals surface area contributed by atoms with Gasteiger partial charge in [0.15, 0.2) is 5.82 Å². The second-order valence-corrected chi connectivity index (χ2v) is 10.5. The molecule has 0 aliphatic carbocycles. The molecule has 2 aromatic heterocycles. The van der Waals surface area contributed by atoms with Crippen LogP contribution in [0.3, 0.4) is 0 Å². The van der Waals surface area contributed by atoms with Crippen LogP contribution in [0.1, 0.15) is 24.5 Å². The molecule has 0 radical (unpaired) electrons. The summed E-state index contributed by atoms with van der Waals surface area (Å²) in [7, 11) is 0. The van der Waals surface area contributed by atoms with E-state index in [9.17, 15) is 9.59 Å². The van der Waals surface area contributed by atoms with Gasteiger partial charge in [-0.25, -0.2) is 0 Å². The van der Waals surface area contributed by atoms with Crippen LogP contribution in [0.2, 0.25) is 0 Å². The van der Waals surface area contributed by atoms with E-state index in [1.807, 2.05) is 72.8 Å². The first-order valence-corrected chi connectivity index (χ1v) is 13.5. The molecule has 3 heterocycles. The SMILES string of the molecule is CCCOc1ccc(-c2nc3sc(=C4C(=O)N(Cc5ccccc5)c5ccc(Br)cc54)c(=O)n3n2)cc1. The summed E-state index contributed by atoms with van der Waals surface area (Å²) in [5.74, 6) is 1.02. The van der Waals surface area contributed by atoms with Crippen molar-refractivity contribution in [2.24, 2.45) is 0 Å². The quantitative estimate of drug-likeness (QED) is 0.291. The van der Waals surface area contributed by atoms with Gasteiger partial charge in [0.05, 0.1) is 24.4 Å². The number of halogens is 1. The molecule has 5 aromatic rings. The highest BCUT2D eigenvalue weighted by Crippen LogP contribution is 2.38. The number of fused-ring (bicyclic) bond motifs is 2. The van der Waals surface area contributed by atoms with Crippen molar-refractivity contribution in [2.75, 3.05) is 11.5 Å². The molecule has 0 unspecified atom stereocenters. The first-order valence-electron chi connectivity index (χ1n) is 11.9. The lowest BCUT2D eigenvalue weighted by atomic mass is 10.1. The zero-order chi connectivity index (χ0) is 25.5. The van der Waals surface area contributed by atoms with E-state index >= 15 is 0 Å². The van der Waals surface area contributed by atoms with E-state index in [4.69, 9.17) is 4.74 Å². The number of nitrogens with zero attached hydrogens (tertiary/aromatic N) is 4. The molecule has 0 bridgehead atoms. The minimum absolute atomic E-state index is 0.207. The van der Waals surface area contributed by atoms with Gasteiger partial charge in [-0.05, 0) is 54.4 Å². The van der Waals surface area contributed by atoms with Crippen LogP contribution in [0.25, 0.3) is 21.9 Å². The molecule has 0 saturated carbocycles. The van der Waals surface area contributed by atoms with Gasteiger partial charge in [0.1, 0.15) is 10.3 Å². The number of thiazole rings is 1. The Bertz CT molecular complexity index is 1750. The Hall–Kier alpha value is -3.82. The van der Waals surface area contributed by atoms with Crippen LogP contribution in [0, 0.1) is 0 Å². The fraction of sp³-hybridized carbons (Fsp3) is 0.143. The van der Waals surface area contributed by atoms with Gasteiger partial charge in [0.2, 0.25) is 4.96 Å². The Morgan fingerprint density at radius 1 is 1.00 bits per heavy atom. The Kier molecular flexibility index (Phi) is 6.10. The first-order chi connectivity index (χ1) is 18.0. The topological polar surface area (TPSA) is 76.8 Å². The number of carbonyl (C=O) groups excluding carboxylic acids is 1. The molecular weight excluding hydrogens is 552 g/mol. The minimum atomic E-state index is -0.350. The van der Waals surface area contributed by atoms with Crippen LogP contribution in [-0.4, -0.2) is 27.1 Å². The number of aromatic nitrogens is 3. The second kappa shape index (κ2) is 9.57. The molecule has 184 valence electrons. The van der Waals surface area contributed by atoms with E-state index in [2.05, 4.69) is 32.9 Å². The molecule has 1 aliphatic heterocycles. The lowest BCUT2D eigenvalue weighted by Crippen LogP contribution is -2.32. The minimum Gasteiger partial charge on any atom is -0.494 e. The van der Waals surface area contributed by atoms with Gasteiger partial charge in [-0.2, -0.15) is 9.50 Å². The maximum absolute atomic E-state index is 13.7. The Balaban J connectivity index is 1.43. The molecule has 1 amide bonds. The molecule has 6 rings (SSSR count). The van der Waals surface area contributed by atoms with Crippen LogP contribution in [0.5, 0.6) is 5.75 Å². The third kappa shape index (κ3) is 4.24. The number of hydrogen-bond acceptors (Lipinski definition) is 6. The number of rotatable bonds is 6.